The van der Waals surface area contributed by atoms with Gasteiger partial charge in [0.25, 0.3) is 0 Å². The maximum absolute atomic E-state index is 13.5. The molecule has 0 atom stereocenters. The fraction of sp³-hybridized carbons (Fsp3) is 0.606. The Morgan fingerprint density at radius 1 is 0.744 bits per heavy atom. The van der Waals surface area contributed by atoms with Crippen molar-refractivity contribution in [1.82, 2.24) is 0 Å². The predicted molar refractivity (Wildman–Crippen MR) is 172 cm³/mol. The highest BCUT2D eigenvalue weighted by Crippen LogP contribution is 2.43. The van der Waals surface area contributed by atoms with Crippen molar-refractivity contribution < 1.29 is 13.6 Å². The van der Waals surface area contributed by atoms with Gasteiger partial charge in [-0.05, 0) is 72.5 Å². The third-order valence-electron chi connectivity index (χ3n) is 9.64. The molecule has 0 radical (unpaired) electrons. The summed E-state index contributed by atoms with van der Waals surface area (Å²) in [5.41, 5.74) is 5.91. The van der Waals surface area contributed by atoms with E-state index >= 15 is 0 Å². The summed E-state index contributed by atoms with van der Waals surface area (Å²) in [6, 6.07) is 12.6. The monoisotopic (exact) mass is 567 g/mol. The van der Waals surface area contributed by atoms with E-state index in [9.17, 15) is 4.79 Å². The fourth-order valence-electron chi connectivity index (χ4n) is 4.73. The molecule has 0 fully saturated rings. The normalized spacial score (nSPS) is 15.7. The van der Waals surface area contributed by atoms with Crippen molar-refractivity contribution >= 4 is 28.1 Å². The van der Waals surface area contributed by atoms with Gasteiger partial charge in [0, 0.05) is 35.3 Å². The number of aryl methyl sites for hydroxylation is 1. The fourth-order valence-corrected chi connectivity index (χ4v) is 6.80. The summed E-state index contributed by atoms with van der Waals surface area (Å²) in [7, 11) is -3.71. The Kier molecular flexibility index (Phi) is 8.90. The van der Waals surface area contributed by atoms with Crippen molar-refractivity contribution in [2.24, 2.45) is 0 Å². The van der Waals surface area contributed by atoms with E-state index in [1.807, 2.05) is 18.2 Å². The summed E-state index contributed by atoms with van der Waals surface area (Å²) in [6.07, 6.45) is 0. The van der Waals surface area contributed by atoms with Crippen molar-refractivity contribution in [3.8, 4) is 0 Å². The van der Waals surface area contributed by atoms with Gasteiger partial charge in [-0.15, -0.1) is 0 Å². The van der Waals surface area contributed by atoms with Crippen molar-refractivity contribution in [1.29, 1.82) is 0 Å². The summed E-state index contributed by atoms with van der Waals surface area (Å²) in [6.45, 7) is 32.5. The number of ketones is 1. The summed E-state index contributed by atoms with van der Waals surface area (Å²) < 4.78 is 13.2. The third kappa shape index (κ3) is 6.61. The van der Waals surface area contributed by atoms with Crippen LogP contribution in [0, 0.1) is 6.92 Å². The molecule has 39 heavy (non-hydrogen) atoms. The Bertz CT molecular complexity index is 1170. The van der Waals surface area contributed by atoms with Crippen molar-refractivity contribution in [3.63, 3.8) is 0 Å². The molecule has 0 unspecified atom stereocenters. The van der Waals surface area contributed by atoms with Crippen LogP contribution in [0.3, 0.4) is 0 Å². The Hall–Kier alpha value is -1.74. The second kappa shape index (κ2) is 10.9. The van der Waals surface area contributed by atoms with Gasteiger partial charge in [-0.3, -0.25) is 4.79 Å². The van der Waals surface area contributed by atoms with Crippen LogP contribution in [0.2, 0.25) is 36.3 Å². The molecular formula is C33H53NO3Si2. The molecule has 0 aromatic heterocycles. The number of carbonyl (C=O) groups excluding carboxylic acids is 1. The number of hydrogen-bond donors (Lipinski definition) is 0. The van der Waals surface area contributed by atoms with Gasteiger partial charge in [0.1, 0.15) is 0 Å². The highest BCUT2D eigenvalue weighted by Gasteiger charge is 2.39. The first kappa shape index (κ1) is 31.8. The Morgan fingerprint density at radius 2 is 1.18 bits per heavy atom. The molecule has 0 saturated heterocycles. The topological polar surface area (TPSA) is 38.8 Å². The van der Waals surface area contributed by atoms with Crippen LogP contribution in [0.15, 0.2) is 36.4 Å². The first-order chi connectivity index (χ1) is 17.7. The van der Waals surface area contributed by atoms with Crippen LogP contribution in [-0.4, -0.2) is 48.7 Å². The zero-order chi connectivity index (χ0) is 29.6. The first-order valence-electron chi connectivity index (χ1n) is 14.5. The number of fused-ring (bicyclic) bond motifs is 2. The summed E-state index contributed by atoms with van der Waals surface area (Å²) in [4.78, 5) is 15.9. The van der Waals surface area contributed by atoms with Gasteiger partial charge >= 0.3 is 0 Å². The molecule has 0 amide bonds. The average molecular weight is 568 g/mol. The number of carbonyl (C=O) groups is 1. The molecule has 3 rings (SSSR count). The Labute approximate surface area is 240 Å². The number of hydrogen-bond acceptors (Lipinski definition) is 4. The van der Waals surface area contributed by atoms with Crippen molar-refractivity contribution in [2.75, 3.05) is 31.2 Å². The van der Waals surface area contributed by atoms with E-state index in [-0.39, 0.29) is 21.3 Å². The highest BCUT2D eigenvalue weighted by atomic mass is 28.4. The average Bonchev–Trinajstić information content (AvgIpc) is 2.80. The van der Waals surface area contributed by atoms with E-state index in [0.717, 1.165) is 41.0 Å². The van der Waals surface area contributed by atoms with Crippen LogP contribution in [0.25, 0.3) is 0 Å². The molecule has 6 heteroatoms. The number of nitrogens with zero attached hydrogens (tertiary/aromatic N) is 1. The molecule has 0 heterocycles. The molecule has 4 nitrogen and oxygen atoms in total. The third-order valence-corrected chi connectivity index (χ3v) is 18.7. The number of benzene rings is 2. The van der Waals surface area contributed by atoms with Gasteiger partial charge in [-0.1, -0.05) is 79.2 Å². The van der Waals surface area contributed by atoms with Crippen LogP contribution in [0.1, 0.15) is 88.0 Å². The summed E-state index contributed by atoms with van der Waals surface area (Å²) in [5, 5.41) is 0.343. The van der Waals surface area contributed by atoms with Crippen LogP contribution in [0.4, 0.5) is 5.69 Å². The summed E-state index contributed by atoms with van der Waals surface area (Å²) in [5.74, 6) is 0.125. The van der Waals surface area contributed by atoms with Crippen LogP contribution in [-0.2, 0) is 14.3 Å². The van der Waals surface area contributed by atoms with E-state index in [4.69, 9.17) is 8.85 Å². The van der Waals surface area contributed by atoms with Gasteiger partial charge in [0.2, 0.25) is 0 Å². The molecule has 0 bridgehead atoms. The molecular weight excluding hydrogens is 515 g/mol. The second-order valence-electron chi connectivity index (χ2n) is 14.9. The molecule has 2 aromatic rings. The molecule has 0 spiro atoms. The lowest BCUT2D eigenvalue weighted by molar-refractivity contribution is 0.103. The number of anilines is 1. The van der Waals surface area contributed by atoms with Gasteiger partial charge in [-0.2, -0.15) is 0 Å². The first-order valence-corrected chi connectivity index (χ1v) is 20.3. The minimum Gasteiger partial charge on any atom is -0.415 e. The Morgan fingerprint density at radius 3 is 1.64 bits per heavy atom. The van der Waals surface area contributed by atoms with E-state index < -0.39 is 16.6 Å². The zero-order valence-electron chi connectivity index (χ0n) is 27.0. The zero-order valence-corrected chi connectivity index (χ0v) is 29.0. The summed E-state index contributed by atoms with van der Waals surface area (Å²) >= 11 is 0. The maximum Gasteiger partial charge on any atom is 0.193 e. The minimum atomic E-state index is -1.86. The minimum absolute atomic E-state index is 0.125. The van der Waals surface area contributed by atoms with Crippen molar-refractivity contribution in [3.05, 3.63) is 64.2 Å². The largest absolute Gasteiger partial charge is 0.415 e. The molecule has 0 saturated carbocycles. The van der Waals surface area contributed by atoms with E-state index in [2.05, 4.69) is 112 Å². The maximum atomic E-state index is 13.5. The second-order valence-corrected chi connectivity index (χ2v) is 24.6. The quantitative estimate of drug-likeness (QED) is 0.284. The van der Waals surface area contributed by atoms with Gasteiger partial charge < -0.3 is 13.8 Å². The van der Waals surface area contributed by atoms with Gasteiger partial charge in [-0.25, -0.2) is 0 Å². The smallest absolute Gasteiger partial charge is 0.193 e. The lowest BCUT2D eigenvalue weighted by atomic mass is 9.68. The van der Waals surface area contributed by atoms with E-state index in [1.54, 1.807) is 0 Å². The molecule has 1 aliphatic carbocycles. The SMILES string of the molecule is Cc1ccc2c(c1)C(C)(C)c1cc(N(CCO[Si](C)(C)C(C)(C)C)CCO[Si](C)(C)C(C)(C)C)ccc1C2=O. The van der Waals surface area contributed by atoms with Crippen LogP contribution >= 0.6 is 0 Å². The lowest BCUT2D eigenvalue weighted by Crippen LogP contribution is -2.44. The standard InChI is InChI=1S/C33H53NO3Si2/c1-24-14-16-26-28(22-24)33(8,9)29-23-25(15-17-27(29)30(26)35)34(18-20-36-38(10,11)31(2,3)4)19-21-37-39(12,13)32(5,6)7/h14-17,22-23H,18-21H2,1-13H3. The predicted octanol–water partition coefficient (Wildman–Crippen LogP) is 8.72. The molecule has 1 aliphatic rings. The molecule has 0 N–H and O–H groups in total. The number of rotatable bonds is 9. The van der Waals surface area contributed by atoms with Crippen LogP contribution in [0.5, 0.6) is 0 Å². The van der Waals surface area contributed by atoms with Crippen molar-refractivity contribution in [2.45, 2.75) is 104 Å². The lowest BCUT2D eigenvalue weighted by Gasteiger charge is -2.39. The highest BCUT2D eigenvalue weighted by molar-refractivity contribution is 6.74. The molecule has 2 aromatic carbocycles. The van der Waals surface area contributed by atoms with Crippen LogP contribution < -0.4 is 4.90 Å². The molecule has 216 valence electrons. The van der Waals surface area contributed by atoms with Gasteiger partial charge in [0.05, 0.1) is 13.2 Å². The van der Waals surface area contributed by atoms with E-state index in [0.29, 0.717) is 13.2 Å². The Balaban J connectivity index is 1.93. The van der Waals surface area contributed by atoms with Gasteiger partial charge in [0.15, 0.2) is 22.4 Å². The molecule has 0 aliphatic heterocycles. The van der Waals surface area contributed by atoms with E-state index in [1.165, 1.54) is 5.56 Å².